The maximum atomic E-state index is 9.33. The van der Waals surface area contributed by atoms with Crippen molar-refractivity contribution in [1.82, 2.24) is 4.90 Å². The topological polar surface area (TPSA) is 87.1 Å². The molecule has 0 unspecified atom stereocenters. The number of aliphatic hydroxyl groups excluding tert-OH is 1. The van der Waals surface area contributed by atoms with E-state index in [4.69, 9.17) is 9.66 Å². The first-order chi connectivity index (χ1) is 7.91. The quantitative estimate of drug-likeness (QED) is 0.504. The van der Waals surface area contributed by atoms with Gasteiger partial charge in [-0.25, -0.2) is 0 Å². The fourth-order valence-corrected chi connectivity index (χ4v) is 1.15. The summed E-state index contributed by atoms with van der Waals surface area (Å²) in [6.07, 6.45) is 3.85. The van der Waals surface area contributed by atoms with Gasteiger partial charge < -0.3 is 10.0 Å². The summed E-state index contributed by atoms with van der Waals surface area (Å²) in [5.74, 6) is 0. The first-order valence-electron chi connectivity index (χ1n) is 5.77. The van der Waals surface area contributed by atoms with Crippen molar-refractivity contribution in [2.75, 3.05) is 33.4 Å². The number of aliphatic hydroxyl groups is 1. The van der Waals surface area contributed by atoms with Gasteiger partial charge in [-0.1, -0.05) is 26.7 Å². The fraction of sp³-hybridized carbons (Fsp3) is 1.00. The zero-order valence-electron chi connectivity index (χ0n) is 10.9. The van der Waals surface area contributed by atoms with Crippen LogP contribution in [-0.4, -0.2) is 56.3 Å². The Labute approximate surface area is 105 Å². The third-order valence-electron chi connectivity index (χ3n) is 2.15. The predicted molar refractivity (Wildman–Crippen MR) is 67.3 cm³/mol. The van der Waals surface area contributed by atoms with Crippen molar-refractivity contribution in [2.24, 2.45) is 0 Å². The van der Waals surface area contributed by atoms with Crippen LogP contribution in [0.1, 0.15) is 33.1 Å². The SMILES string of the molecule is CCCCCN(CC)CCO.COS(=O)(=O)O. The van der Waals surface area contributed by atoms with Crippen LogP contribution < -0.4 is 0 Å². The summed E-state index contributed by atoms with van der Waals surface area (Å²) in [4.78, 5) is 2.29. The molecule has 0 saturated heterocycles. The molecule has 0 aliphatic carbocycles. The van der Waals surface area contributed by atoms with Crippen LogP contribution >= 0.6 is 0 Å². The fourth-order valence-electron chi connectivity index (χ4n) is 1.15. The molecule has 17 heavy (non-hydrogen) atoms. The van der Waals surface area contributed by atoms with Crippen molar-refractivity contribution in [1.29, 1.82) is 0 Å². The Morgan fingerprint density at radius 1 is 1.18 bits per heavy atom. The Hall–Kier alpha value is -0.210. The van der Waals surface area contributed by atoms with Crippen LogP contribution in [0.4, 0.5) is 0 Å². The van der Waals surface area contributed by atoms with Crippen LogP contribution in [0.25, 0.3) is 0 Å². The van der Waals surface area contributed by atoms with Gasteiger partial charge in [-0.05, 0) is 19.5 Å². The maximum Gasteiger partial charge on any atom is 0.397 e. The van der Waals surface area contributed by atoms with Gasteiger partial charge in [-0.15, -0.1) is 0 Å². The highest BCUT2D eigenvalue weighted by Gasteiger charge is 1.98. The normalized spacial score (nSPS) is 11.2. The summed E-state index contributed by atoms with van der Waals surface area (Å²) in [5.41, 5.74) is 0. The van der Waals surface area contributed by atoms with E-state index in [9.17, 15) is 8.42 Å². The first-order valence-corrected chi connectivity index (χ1v) is 7.14. The van der Waals surface area contributed by atoms with E-state index in [1.807, 2.05) is 0 Å². The third-order valence-corrected chi connectivity index (χ3v) is 2.57. The van der Waals surface area contributed by atoms with E-state index in [1.165, 1.54) is 19.3 Å². The molecule has 0 spiro atoms. The molecule has 0 atom stereocenters. The minimum absolute atomic E-state index is 0.292. The highest BCUT2D eigenvalue weighted by Crippen LogP contribution is 1.97. The van der Waals surface area contributed by atoms with E-state index in [1.54, 1.807) is 0 Å². The molecule has 106 valence electrons. The molecular weight excluding hydrogens is 246 g/mol. The lowest BCUT2D eigenvalue weighted by Gasteiger charge is -2.18. The van der Waals surface area contributed by atoms with Crippen molar-refractivity contribution < 1.29 is 22.3 Å². The number of likely N-dealkylation sites (N-methyl/N-ethyl adjacent to an activating group) is 1. The van der Waals surface area contributed by atoms with Gasteiger partial charge in [0, 0.05) is 6.54 Å². The molecule has 0 fully saturated rings. The van der Waals surface area contributed by atoms with Crippen molar-refractivity contribution >= 4 is 10.4 Å². The van der Waals surface area contributed by atoms with Crippen LogP contribution in [0.5, 0.6) is 0 Å². The summed E-state index contributed by atoms with van der Waals surface area (Å²) in [6, 6.07) is 0. The summed E-state index contributed by atoms with van der Waals surface area (Å²) >= 11 is 0. The van der Waals surface area contributed by atoms with Gasteiger partial charge >= 0.3 is 10.4 Å². The Morgan fingerprint density at radius 2 is 1.71 bits per heavy atom. The van der Waals surface area contributed by atoms with E-state index in [-0.39, 0.29) is 0 Å². The third kappa shape index (κ3) is 18.4. The molecule has 0 rings (SSSR count). The van der Waals surface area contributed by atoms with Crippen molar-refractivity contribution in [3.63, 3.8) is 0 Å². The van der Waals surface area contributed by atoms with Gasteiger partial charge in [-0.3, -0.25) is 8.74 Å². The van der Waals surface area contributed by atoms with Gasteiger partial charge in [-0.2, -0.15) is 8.42 Å². The standard InChI is InChI=1S/C9H21NO.CH4O4S/c1-3-5-6-7-10(4-2)8-9-11;1-5-6(2,3)4/h11H,3-9H2,1-2H3;1H3,(H,2,3,4). The average molecular weight is 271 g/mol. The summed E-state index contributed by atoms with van der Waals surface area (Å²) in [5, 5.41) is 8.68. The molecule has 0 aliphatic heterocycles. The van der Waals surface area contributed by atoms with E-state index in [0.717, 1.165) is 26.7 Å². The maximum absolute atomic E-state index is 9.33. The minimum atomic E-state index is -4.16. The smallest absolute Gasteiger partial charge is 0.395 e. The van der Waals surface area contributed by atoms with Gasteiger partial charge in [0.15, 0.2) is 0 Å². The van der Waals surface area contributed by atoms with Crippen LogP contribution in [0, 0.1) is 0 Å². The molecule has 0 bridgehead atoms. The number of hydrogen-bond acceptors (Lipinski definition) is 5. The lowest BCUT2D eigenvalue weighted by atomic mass is 10.2. The largest absolute Gasteiger partial charge is 0.397 e. The van der Waals surface area contributed by atoms with Crippen LogP contribution in [0.15, 0.2) is 0 Å². The number of rotatable bonds is 8. The number of nitrogens with zero attached hydrogens (tertiary/aromatic N) is 1. The summed E-state index contributed by atoms with van der Waals surface area (Å²) < 4.78 is 29.7. The average Bonchev–Trinajstić information content (AvgIpc) is 2.28. The van der Waals surface area contributed by atoms with Crippen molar-refractivity contribution in [3.8, 4) is 0 Å². The number of unbranched alkanes of at least 4 members (excludes halogenated alkanes) is 2. The van der Waals surface area contributed by atoms with E-state index < -0.39 is 10.4 Å². The second-order valence-corrected chi connectivity index (χ2v) is 4.65. The minimum Gasteiger partial charge on any atom is -0.395 e. The second kappa shape index (κ2) is 12.3. The monoisotopic (exact) mass is 271 g/mol. The lowest BCUT2D eigenvalue weighted by Crippen LogP contribution is -2.27. The molecule has 0 aromatic carbocycles. The van der Waals surface area contributed by atoms with E-state index >= 15 is 0 Å². The molecular formula is C10H25NO5S. The number of hydrogen-bond donors (Lipinski definition) is 2. The molecule has 2 N–H and O–H groups in total. The highest BCUT2D eigenvalue weighted by atomic mass is 32.3. The van der Waals surface area contributed by atoms with Gasteiger partial charge in [0.2, 0.25) is 0 Å². The molecule has 0 aliphatic rings. The zero-order chi connectivity index (χ0) is 13.7. The molecule has 0 radical (unpaired) electrons. The van der Waals surface area contributed by atoms with E-state index in [2.05, 4.69) is 22.9 Å². The molecule has 0 amide bonds. The zero-order valence-corrected chi connectivity index (χ0v) is 11.7. The van der Waals surface area contributed by atoms with Crippen molar-refractivity contribution in [3.05, 3.63) is 0 Å². The van der Waals surface area contributed by atoms with Gasteiger partial charge in [0.05, 0.1) is 13.7 Å². The van der Waals surface area contributed by atoms with Gasteiger partial charge in [0.25, 0.3) is 0 Å². The van der Waals surface area contributed by atoms with Crippen molar-refractivity contribution in [2.45, 2.75) is 33.1 Å². The second-order valence-electron chi connectivity index (χ2n) is 3.46. The first kappa shape index (κ1) is 19.1. The Kier molecular flexibility index (Phi) is 13.8. The Balaban J connectivity index is 0. The Bertz CT molecular complexity index is 243. The lowest BCUT2D eigenvalue weighted by molar-refractivity contribution is 0.199. The Morgan fingerprint density at radius 3 is 2.00 bits per heavy atom. The molecule has 7 heteroatoms. The highest BCUT2D eigenvalue weighted by molar-refractivity contribution is 7.80. The molecule has 0 aromatic rings. The van der Waals surface area contributed by atoms with Crippen LogP contribution in [-0.2, 0) is 14.6 Å². The van der Waals surface area contributed by atoms with Crippen LogP contribution in [0.2, 0.25) is 0 Å². The van der Waals surface area contributed by atoms with Gasteiger partial charge in [0.1, 0.15) is 0 Å². The molecule has 0 heterocycles. The molecule has 0 aromatic heterocycles. The summed E-state index contributed by atoms with van der Waals surface area (Å²) in [7, 11) is -3.29. The predicted octanol–water partition coefficient (Wildman–Crippen LogP) is 0.926. The molecule has 6 nitrogen and oxygen atoms in total. The van der Waals surface area contributed by atoms with Crippen LogP contribution in [0.3, 0.4) is 0 Å². The molecule has 0 saturated carbocycles. The summed E-state index contributed by atoms with van der Waals surface area (Å²) in [6.45, 7) is 7.68. The van der Waals surface area contributed by atoms with E-state index in [0.29, 0.717) is 6.61 Å².